The summed E-state index contributed by atoms with van der Waals surface area (Å²) in [6.45, 7) is 1.40. The SMILES string of the molecule is O=C(COC(=O)c1ccc(N2C(=O)CC(SC(=S)N3CCCCC3)C2=O)cc1)c1ccccc1. The van der Waals surface area contributed by atoms with Crippen LogP contribution in [-0.2, 0) is 14.3 Å². The summed E-state index contributed by atoms with van der Waals surface area (Å²) in [6, 6.07) is 14.6. The highest BCUT2D eigenvalue weighted by Crippen LogP contribution is 2.32. The minimum atomic E-state index is -0.657. The summed E-state index contributed by atoms with van der Waals surface area (Å²) in [5, 5.41) is -0.546. The highest BCUT2D eigenvalue weighted by molar-refractivity contribution is 8.23. The van der Waals surface area contributed by atoms with Crippen LogP contribution in [0, 0.1) is 0 Å². The smallest absolute Gasteiger partial charge is 0.338 e. The Morgan fingerprint density at radius 3 is 2.29 bits per heavy atom. The summed E-state index contributed by atoms with van der Waals surface area (Å²) in [7, 11) is 0. The minimum Gasteiger partial charge on any atom is -0.454 e. The van der Waals surface area contributed by atoms with E-state index in [0.717, 1.165) is 30.8 Å². The quantitative estimate of drug-likeness (QED) is 0.258. The largest absolute Gasteiger partial charge is 0.454 e. The van der Waals surface area contributed by atoms with Gasteiger partial charge in [0.2, 0.25) is 11.8 Å². The van der Waals surface area contributed by atoms with Crippen molar-refractivity contribution >= 4 is 57.6 Å². The first-order valence-electron chi connectivity index (χ1n) is 11.1. The van der Waals surface area contributed by atoms with Crippen molar-refractivity contribution in [3.8, 4) is 0 Å². The van der Waals surface area contributed by atoms with E-state index in [1.165, 1.54) is 42.4 Å². The number of esters is 1. The summed E-state index contributed by atoms with van der Waals surface area (Å²) >= 11 is 6.79. The number of Topliss-reactive ketones (excluding diaryl/α,β-unsaturated/α-hetero) is 1. The Morgan fingerprint density at radius 1 is 0.941 bits per heavy atom. The lowest BCUT2D eigenvalue weighted by atomic mass is 10.1. The maximum atomic E-state index is 12.9. The maximum Gasteiger partial charge on any atom is 0.338 e. The van der Waals surface area contributed by atoms with Crippen LogP contribution in [-0.4, -0.2) is 57.7 Å². The van der Waals surface area contributed by atoms with E-state index in [9.17, 15) is 19.2 Å². The molecule has 0 spiro atoms. The number of amides is 2. The lowest BCUT2D eigenvalue weighted by Gasteiger charge is -2.29. The number of likely N-dealkylation sites (tertiary alicyclic amines) is 1. The van der Waals surface area contributed by atoms with Gasteiger partial charge in [-0.25, -0.2) is 9.69 Å². The second-order valence-electron chi connectivity index (χ2n) is 8.10. The molecule has 2 fully saturated rings. The van der Waals surface area contributed by atoms with E-state index >= 15 is 0 Å². The number of hydrogen-bond donors (Lipinski definition) is 0. The Balaban J connectivity index is 1.34. The molecule has 2 heterocycles. The highest BCUT2D eigenvalue weighted by Gasteiger charge is 2.41. The lowest BCUT2D eigenvalue weighted by Crippen LogP contribution is -2.35. The van der Waals surface area contributed by atoms with Crippen molar-refractivity contribution in [3.05, 3.63) is 65.7 Å². The summed E-state index contributed by atoms with van der Waals surface area (Å²) in [4.78, 5) is 53.2. The van der Waals surface area contributed by atoms with Gasteiger partial charge in [-0.1, -0.05) is 54.3 Å². The van der Waals surface area contributed by atoms with Crippen molar-refractivity contribution in [1.82, 2.24) is 4.90 Å². The molecule has 0 saturated carbocycles. The van der Waals surface area contributed by atoms with E-state index in [1.807, 2.05) is 0 Å². The molecule has 2 amide bonds. The molecule has 2 saturated heterocycles. The van der Waals surface area contributed by atoms with Crippen LogP contribution in [0.2, 0.25) is 0 Å². The van der Waals surface area contributed by atoms with Gasteiger partial charge in [0.25, 0.3) is 0 Å². The molecule has 4 rings (SSSR count). The number of anilines is 1. The van der Waals surface area contributed by atoms with Gasteiger partial charge < -0.3 is 9.64 Å². The first-order chi connectivity index (χ1) is 16.4. The fourth-order valence-electron chi connectivity index (χ4n) is 3.91. The molecule has 0 bridgehead atoms. The summed E-state index contributed by atoms with van der Waals surface area (Å²) in [5.74, 6) is -1.56. The third-order valence-corrected chi connectivity index (χ3v) is 7.41. The number of piperidine rings is 1. The van der Waals surface area contributed by atoms with Crippen LogP contribution in [0.15, 0.2) is 54.6 Å². The number of nitrogens with zero attached hydrogens (tertiary/aromatic N) is 2. The van der Waals surface area contributed by atoms with Gasteiger partial charge in [0.05, 0.1) is 11.3 Å². The van der Waals surface area contributed by atoms with E-state index in [4.69, 9.17) is 17.0 Å². The molecular weight excluding hydrogens is 472 g/mol. The Bertz CT molecular complexity index is 1100. The molecule has 0 aliphatic carbocycles. The summed E-state index contributed by atoms with van der Waals surface area (Å²) < 4.78 is 5.77. The molecule has 2 aromatic rings. The molecule has 1 unspecified atom stereocenters. The minimum absolute atomic E-state index is 0.0862. The topological polar surface area (TPSA) is 84.0 Å². The number of ether oxygens (including phenoxy) is 1. The van der Waals surface area contributed by atoms with E-state index < -0.39 is 11.2 Å². The fraction of sp³-hybridized carbons (Fsp3) is 0.320. The monoisotopic (exact) mass is 496 g/mol. The van der Waals surface area contributed by atoms with Crippen LogP contribution in [0.5, 0.6) is 0 Å². The molecule has 34 heavy (non-hydrogen) atoms. The van der Waals surface area contributed by atoms with Gasteiger partial charge >= 0.3 is 5.97 Å². The average Bonchev–Trinajstić information content (AvgIpc) is 3.15. The number of carbonyl (C=O) groups is 4. The fourth-order valence-corrected chi connectivity index (χ4v) is 5.45. The van der Waals surface area contributed by atoms with Crippen LogP contribution in [0.1, 0.15) is 46.4 Å². The second kappa shape index (κ2) is 10.9. The van der Waals surface area contributed by atoms with Crippen LogP contribution in [0.25, 0.3) is 0 Å². The second-order valence-corrected chi connectivity index (χ2v) is 9.94. The van der Waals surface area contributed by atoms with Gasteiger partial charge in [-0.2, -0.15) is 0 Å². The first kappa shape index (κ1) is 24.1. The molecule has 2 aromatic carbocycles. The Labute approximate surface area is 207 Å². The third-order valence-electron chi connectivity index (χ3n) is 5.75. The predicted octanol–water partition coefficient (Wildman–Crippen LogP) is 3.86. The number of benzene rings is 2. The number of ketones is 1. The van der Waals surface area contributed by atoms with Crippen LogP contribution in [0.3, 0.4) is 0 Å². The zero-order chi connectivity index (χ0) is 24.1. The molecule has 9 heteroatoms. The van der Waals surface area contributed by atoms with E-state index in [0.29, 0.717) is 15.6 Å². The van der Waals surface area contributed by atoms with Gasteiger partial charge in [-0.3, -0.25) is 14.4 Å². The third kappa shape index (κ3) is 5.53. The van der Waals surface area contributed by atoms with Gasteiger partial charge in [-0.15, -0.1) is 0 Å². The van der Waals surface area contributed by atoms with E-state index in [-0.39, 0.29) is 36.2 Å². The Kier molecular flexibility index (Phi) is 7.74. The van der Waals surface area contributed by atoms with Crippen molar-refractivity contribution in [1.29, 1.82) is 0 Å². The lowest BCUT2D eigenvalue weighted by molar-refractivity contribution is -0.121. The van der Waals surface area contributed by atoms with Gasteiger partial charge in [0, 0.05) is 25.1 Å². The van der Waals surface area contributed by atoms with Gasteiger partial charge in [-0.05, 0) is 43.5 Å². The average molecular weight is 497 g/mol. The number of imide groups is 1. The van der Waals surface area contributed by atoms with Gasteiger partial charge in [0.1, 0.15) is 9.57 Å². The molecular formula is C25H24N2O5S2. The van der Waals surface area contributed by atoms with Crippen LogP contribution < -0.4 is 4.90 Å². The number of thiocarbonyl (C=S) groups is 1. The first-order valence-corrected chi connectivity index (χ1v) is 12.4. The van der Waals surface area contributed by atoms with Gasteiger partial charge in [0.15, 0.2) is 12.4 Å². The van der Waals surface area contributed by atoms with E-state index in [2.05, 4.69) is 4.90 Å². The predicted molar refractivity (Wildman–Crippen MR) is 134 cm³/mol. The number of carbonyl (C=O) groups excluding carboxylic acids is 4. The van der Waals surface area contributed by atoms with Crippen molar-refractivity contribution < 1.29 is 23.9 Å². The zero-order valence-corrected chi connectivity index (χ0v) is 20.1. The standard InChI is InChI=1S/C25H24N2O5S2/c28-20(17-7-3-1-4-8-17)16-32-24(31)18-9-11-19(12-10-18)27-22(29)15-21(23(27)30)34-25(33)26-13-5-2-6-14-26/h1,3-4,7-12,21H,2,5-6,13-16H2. The number of hydrogen-bond acceptors (Lipinski definition) is 7. The van der Waals surface area contributed by atoms with Crippen molar-refractivity contribution in [2.45, 2.75) is 30.9 Å². The van der Waals surface area contributed by atoms with E-state index in [1.54, 1.807) is 30.3 Å². The van der Waals surface area contributed by atoms with Crippen molar-refractivity contribution in [2.24, 2.45) is 0 Å². The molecule has 0 radical (unpaired) electrons. The molecule has 2 aliphatic heterocycles. The number of rotatable bonds is 6. The number of thioether (sulfide) groups is 1. The van der Waals surface area contributed by atoms with Crippen LogP contribution in [0.4, 0.5) is 5.69 Å². The molecule has 1 atom stereocenters. The Hall–Kier alpha value is -3.04. The Morgan fingerprint density at radius 2 is 1.62 bits per heavy atom. The molecule has 7 nitrogen and oxygen atoms in total. The summed E-state index contributed by atoms with van der Waals surface area (Å²) in [5.41, 5.74) is 1.07. The summed E-state index contributed by atoms with van der Waals surface area (Å²) in [6.07, 6.45) is 3.44. The normalized spacial score (nSPS) is 18.2. The van der Waals surface area contributed by atoms with Crippen molar-refractivity contribution in [2.75, 3.05) is 24.6 Å². The molecule has 2 aliphatic rings. The van der Waals surface area contributed by atoms with Crippen molar-refractivity contribution in [3.63, 3.8) is 0 Å². The zero-order valence-electron chi connectivity index (χ0n) is 18.5. The highest BCUT2D eigenvalue weighted by atomic mass is 32.2. The molecule has 0 aromatic heterocycles. The molecule has 0 N–H and O–H groups in total. The molecule has 176 valence electrons. The van der Waals surface area contributed by atoms with Crippen LogP contribution >= 0.6 is 24.0 Å². The maximum absolute atomic E-state index is 12.9.